The van der Waals surface area contributed by atoms with Crippen LogP contribution in [0.2, 0.25) is 0 Å². The molecule has 0 aliphatic carbocycles. The third-order valence-corrected chi connectivity index (χ3v) is 10.1. The highest BCUT2D eigenvalue weighted by molar-refractivity contribution is 8.21. The van der Waals surface area contributed by atoms with Crippen molar-refractivity contribution >= 4 is 23.5 Å². The molecular formula is C23H16N4S2. The molecule has 6 heteroatoms. The van der Waals surface area contributed by atoms with Crippen LogP contribution in [0.25, 0.3) is 0 Å². The molecule has 2 aromatic carbocycles. The Hall–Kier alpha value is -2.90. The van der Waals surface area contributed by atoms with E-state index in [0.717, 1.165) is 11.1 Å². The van der Waals surface area contributed by atoms with Gasteiger partial charge in [-0.3, -0.25) is 0 Å². The molecule has 2 aliphatic heterocycles. The summed E-state index contributed by atoms with van der Waals surface area (Å²) in [6.07, 6.45) is 0. The van der Waals surface area contributed by atoms with Crippen molar-refractivity contribution < 1.29 is 0 Å². The van der Waals surface area contributed by atoms with Crippen LogP contribution in [0, 0.1) is 56.2 Å². The Bertz CT molecular complexity index is 1080. The van der Waals surface area contributed by atoms with Gasteiger partial charge in [0.05, 0.1) is 24.3 Å². The molecule has 4 atom stereocenters. The van der Waals surface area contributed by atoms with Crippen LogP contribution in [0.15, 0.2) is 60.7 Å². The highest BCUT2D eigenvalue weighted by Crippen LogP contribution is 2.78. The summed E-state index contributed by atoms with van der Waals surface area (Å²) in [5.41, 5.74) is -2.03. The lowest BCUT2D eigenvalue weighted by Gasteiger charge is -2.51. The third kappa shape index (κ3) is 2.25. The summed E-state index contributed by atoms with van der Waals surface area (Å²) in [5, 5.41) is 41.6. The molecule has 0 N–H and O–H groups in total. The molecule has 29 heavy (non-hydrogen) atoms. The van der Waals surface area contributed by atoms with Gasteiger partial charge < -0.3 is 0 Å². The van der Waals surface area contributed by atoms with Crippen LogP contribution in [0.1, 0.15) is 24.0 Å². The van der Waals surface area contributed by atoms with Gasteiger partial charge in [0.1, 0.15) is 4.08 Å². The fourth-order valence-electron chi connectivity index (χ4n) is 4.69. The predicted octanol–water partition coefficient (Wildman–Crippen LogP) is 4.94. The average molecular weight is 413 g/mol. The summed E-state index contributed by atoms with van der Waals surface area (Å²) in [6.45, 7) is 2.06. The topological polar surface area (TPSA) is 95.2 Å². The second kappa shape index (κ2) is 6.86. The normalized spacial score (nSPS) is 30.9. The Morgan fingerprint density at radius 3 is 1.83 bits per heavy atom. The largest absolute Gasteiger partial charge is 0.203 e. The van der Waals surface area contributed by atoms with Gasteiger partial charge in [0.2, 0.25) is 5.41 Å². The van der Waals surface area contributed by atoms with Crippen molar-refractivity contribution in [1.82, 2.24) is 0 Å². The van der Waals surface area contributed by atoms with Crippen LogP contribution in [-0.4, -0.2) is 10.5 Å². The van der Waals surface area contributed by atoms with Crippen molar-refractivity contribution in [2.75, 3.05) is 0 Å². The second-order valence-electron chi connectivity index (χ2n) is 7.28. The van der Waals surface area contributed by atoms with Gasteiger partial charge in [-0.15, -0.1) is 23.5 Å². The SMILES string of the molecule is C[C@@H]1S[C@@]2(c3ccccc3)S[C@H]1[C@H](c1ccccc1)C(C#N)(C#N)C2(C#N)C#N. The monoisotopic (exact) mass is 412 g/mol. The molecule has 0 unspecified atom stereocenters. The van der Waals surface area contributed by atoms with E-state index in [2.05, 4.69) is 31.2 Å². The van der Waals surface area contributed by atoms with Gasteiger partial charge in [0.25, 0.3) is 0 Å². The van der Waals surface area contributed by atoms with Crippen molar-refractivity contribution in [3.8, 4) is 24.3 Å². The van der Waals surface area contributed by atoms with Gasteiger partial charge in [-0.25, -0.2) is 0 Å². The summed E-state index contributed by atoms with van der Waals surface area (Å²) in [6, 6.07) is 27.6. The van der Waals surface area contributed by atoms with Crippen LogP contribution < -0.4 is 0 Å². The van der Waals surface area contributed by atoms with Gasteiger partial charge in [-0.05, 0) is 11.1 Å². The summed E-state index contributed by atoms with van der Waals surface area (Å²) in [4.78, 5) is 0. The molecule has 4 nitrogen and oxygen atoms in total. The number of rotatable bonds is 2. The van der Waals surface area contributed by atoms with Crippen LogP contribution in [0.4, 0.5) is 0 Å². The summed E-state index contributed by atoms with van der Waals surface area (Å²) >= 11 is 3.11. The van der Waals surface area contributed by atoms with Gasteiger partial charge in [-0.1, -0.05) is 67.6 Å². The van der Waals surface area contributed by atoms with E-state index in [9.17, 15) is 21.0 Å². The Kier molecular flexibility index (Phi) is 4.59. The van der Waals surface area contributed by atoms with Crippen LogP contribution in [-0.2, 0) is 4.08 Å². The zero-order valence-electron chi connectivity index (χ0n) is 15.6. The van der Waals surface area contributed by atoms with Crippen LogP contribution >= 0.6 is 23.5 Å². The molecule has 2 aliphatic rings. The lowest BCUT2D eigenvalue weighted by atomic mass is 9.54. The van der Waals surface area contributed by atoms with Crippen molar-refractivity contribution in [2.45, 2.75) is 27.4 Å². The van der Waals surface area contributed by atoms with Gasteiger partial charge in [0.15, 0.2) is 5.41 Å². The lowest BCUT2D eigenvalue weighted by Crippen LogP contribution is -2.57. The second-order valence-corrected chi connectivity index (χ2v) is 10.5. The smallest absolute Gasteiger partial charge is 0.196 e. The van der Waals surface area contributed by atoms with E-state index < -0.39 is 20.8 Å². The van der Waals surface area contributed by atoms with Gasteiger partial charge in [0, 0.05) is 16.4 Å². The molecule has 0 radical (unpaired) electrons. The first-order valence-corrected chi connectivity index (χ1v) is 10.9. The summed E-state index contributed by atoms with van der Waals surface area (Å²) in [7, 11) is 0. The van der Waals surface area contributed by atoms with E-state index in [1.54, 1.807) is 11.8 Å². The molecule has 2 fully saturated rings. The van der Waals surface area contributed by atoms with Crippen molar-refractivity contribution in [2.24, 2.45) is 10.8 Å². The van der Waals surface area contributed by atoms with Gasteiger partial charge in [-0.2, -0.15) is 21.0 Å². The lowest BCUT2D eigenvalue weighted by molar-refractivity contribution is 0.214. The zero-order chi connectivity index (χ0) is 20.7. The van der Waals surface area contributed by atoms with Crippen LogP contribution in [0.3, 0.4) is 0 Å². The Morgan fingerprint density at radius 1 is 0.759 bits per heavy atom. The van der Waals surface area contributed by atoms with E-state index in [1.165, 1.54) is 11.8 Å². The van der Waals surface area contributed by atoms with E-state index in [-0.39, 0.29) is 10.5 Å². The number of hydrogen-bond donors (Lipinski definition) is 0. The molecule has 0 saturated carbocycles. The minimum Gasteiger partial charge on any atom is -0.196 e. The Morgan fingerprint density at radius 2 is 1.31 bits per heavy atom. The third-order valence-electron chi connectivity index (χ3n) is 6.00. The zero-order valence-corrected chi connectivity index (χ0v) is 17.2. The minimum absolute atomic E-state index is 0.0510. The average Bonchev–Trinajstić information content (AvgIpc) is 3.10. The fraction of sp³-hybridized carbons (Fsp3) is 0.304. The maximum Gasteiger partial charge on any atom is 0.203 e. The molecule has 140 valence electrons. The highest BCUT2D eigenvalue weighted by Gasteiger charge is 2.78. The Labute approximate surface area is 178 Å². The first-order chi connectivity index (χ1) is 14.1. The van der Waals surface area contributed by atoms with E-state index >= 15 is 0 Å². The first kappa shape index (κ1) is 19.4. The maximum atomic E-state index is 10.4. The number of nitriles is 4. The predicted molar refractivity (Wildman–Crippen MR) is 113 cm³/mol. The molecule has 0 amide bonds. The molecule has 2 aromatic rings. The maximum absolute atomic E-state index is 10.4. The number of benzene rings is 2. The molecule has 2 saturated heterocycles. The quantitative estimate of drug-likeness (QED) is 0.693. The summed E-state index contributed by atoms with van der Waals surface area (Å²) < 4.78 is -1.02. The van der Waals surface area contributed by atoms with Gasteiger partial charge >= 0.3 is 0 Å². The molecule has 2 bridgehead atoms. The molecule has 4 rings (SSSR count). The number of nitrogens with zero attached hydrogens (tertiary/aromatic N) is 4. The van der Waals surface area contributed by atoms with Crippen molar-refractivity contribution in [3.05, 3.63) is 71.8 Å². The first-order valence-electron chi connectivity index (χ1n) is 9.17. The van der Waals surface area contributed by atoms with Crippen molar-refractivity contribution in [1.29, 1.82) is 21.0 Å². The highest BCUT2D eigenvalue weighted by atomic mass is 32.2. The van der Waals surface area contributed by atoms with E-state index in [0.29, 0.717) is 0 Å². The number of hydrogen-bond acceptors (Lipinski definition) is 6. The van der Waals surface area contributed by atoms with Crippen LogP contribution in [0.5, 0.6) is 0 Å². The molecule has 2 heterocycles. The van der Waals surface area contributed by atoms with E-state index in [1.807, 2.05) is 60.7 Å². The Balaban J connectivity index is 2.10. The van der Waals surface area contributed by atoms with E-state index in [4.69, 9.17) is 0 Å². The molecule has 0 aromatic heterocycles. The fourth-order valence-corrected chi connectivity index (χ4v) is 9.32. The minimum atomic E-state index is -1.85. The van der Waals surface area contributed by atoms with Crippen molar-refractivity contribution in [3.63, 3.8) is 0 Å². The molecular weight excluding hydrogens is 396 g/mol. The molecule has 0 spiro atoms. The number of thioether (sulfide) groups is 2. The summed E-state index contributed by atoms with van der Waals surface area (Å²) in [5.74, 6) is -0.551. The number of fused-ring (bicyclic) bond motifs is 2. The standard InChI is InChI=1S/C23H16N4S2/c1-16-20-19(17-8-4-2-5-9-17)21(12-24,13-25)22(14-26,15-27)23(28-16,29-20)18-10-6-3-7-11-18/h2-11,16,19-20H,1H3/t16-,19-,20+,23-/m0/s1.